The van der Waals surface area contributed by atoms with Crippen LogP contribution in [0.3, 0.4) is 0 Å². The third-order valence-corrected chi connectivity index (χ3v) is 3.78. The quantitative estimate of drug-likeness (QED) is 0.662. The van der Waals surface area contributed by atoms with Gasteiger partial charge in [0.1, 0.15) is 11.9 Å². The van der Waals surface area contributed by atoms with E-state index in [2.05, 4.69) is 5.32 Å². The maximum absolute atomic E-state index is 12.1. The molecule has 0 fully saturated rings. The molecule has 0 aliphatic carbocycles. The zero-order valence-electron chi connectivity index (χ0n) is 14.3. The molecule has 2 N–H and O–H groups in total. The number of benzene rings is 2. The van der Waals surface area contributed by atoms with Crippen molar-refractivity contribution in [2.75, 3.05) is 5.32 Å². The molecule has 5 nitrogen and oxygen atoms in total. The second-order valence-electron chi connectivity index (χ2n) is 5.82. The molecule has 0 saturated carbocycles. The number of para-hydroxylation sites is 2. The van der Waals surface area contributed by atoms with Gasteiger partial charge in [0.25, 0.3) is 0 Å². The Hall–Kier alpha value is -2.82. The molecule has 0 heterocycles. The van der Waals surface area contributed by atoms with Crippen LogP contribution in [0.1, 0.15) is 44.3 Å². The maximum Gasteiger partial charge on any atom is 0.303 e. The van der Waals surface area contributed by atoms with E-state index >= 15 is 0 Å². The fourth-order valence-corrected chi connectivity index (χ4v) is 2.43. The van der Waals surface area contributed by atoms with Crippen LogP contribution in [0.15, 0.2) is 54.6 Å². The third-order valence-electron chi connectivity index (χ3n) is 3.78. The minimum Gasteiger partial charge on any atom is -0.484 e. The van der Waals surface area contributed by atoms with E-state index < -0.39 is 5.97 Å². The van der Waals surface area contributed by atoms with E-state index in [9.17, 15) is 9.59 Å². The molecule has 2 aromatic rings. The van der Waals surface area contributed by atoms with Gasteiger partial charge in [0.2, 0.25) is 5.91 Å². The van der Waals surface area contributed by atoms with Gasteiger partial charge in [0.05, 0.1) is 5.69 Å². The van der Waals surface area contributed by atoms with Crippen LogP contribution >= 0.6 is 0 Å². The van der Waals surface area contributed by atoms with Crippen molar-refractivity contribution in [3.63, 3.8) is 0 Å². The Morgan fingerprint density at radius 2 is 1.64 bits per heavy atom. The number of nitrogens with one attached hydrogen (secondary N) is 1. The van der Waals surface area contributed by atoms with Crippen molar-refractivity contribution in [3.05, 3.63) is 60.2 Å². The van der Waals surface area contributed by atoms with E-state index in [-0.39, 0.29) is 24.9 Å². The van der Waals surface area contributed by atoms with E-state index in [1.807, 2.05) is 55.5 Å². The van der Waals surface area contributed by atoms with Gasteiger partial charge in [-0.1, -0.05) is 42.5 Å². The Morgan fingerprint density at radius 3 is 2.36 bits per heavy atom. The number of aliphatic carboxylic acids is 1. The summed E-state index contributed by atoms with van der Waals surface area (Å²) in [6.07, 6.45) is 1.26. The summed E-state index contributed by atoms with van der Waals surface area (Å²) in [6.45, 7) is 1.96. The molecule has 0 bridgehead atoms. The van der Waals surface area contributed by atoms with Gasteiger partial charge in [-0.25, -0.2) is 0 Å². The van der Waals surface area contributed by atoms with Gasteiger partial charge in [-0.05, 0) is 37.5 Å². The fraction of sp³-hybridized carbons (Fsp3) is 0.300. The van der Waals surface area contributed by atoms with Crippen LogP contribution in [0, 0.1) is 0 Å². The number of ether oxygens (including phenoxy) is 1. The lowest BCUT2D eigenvalue weighted by Gasteiger charge is -2.18. The van der Waals surface area contributed by atoms with Crippen LogP contribution in [-0.4, -0.2) is 17.0 Å². The maximum atomic E-state index is 12.1. The smallest absolute Gasteiger partial charge is 0.303 e. The SMILES string of the molecule is CC(Oc1ccccc1NC(=O)CCCCC(=O)O)c1ccccc1. The van der Waals surface area contributed by atoms with Gasteiger partial charge in [-0.15, -0.1) is 0 Å². The third kappa shape index (κ3) is 6.30. The summed E-state index contributed by atoms with van der Waals surface area (Å²) >= 11 is 0. The van der Waals surface area contributed by atoms with E-state index in [1.54, 1.807) is 6.07 Å². The molecular weight excluding hydrogens is 318 g/mol. The number of hydrogen-bond donors (Lipinski definition) is 2. The molecule has 0 aliphatic heterocycles. The Labute approximate surface area is 147 Å². The van der Waals surface area contributed by atoms with Gasteiger partial charge in [0.15, 0.2) is 0 Å². The lowest BCUT2D eigenvalue weighted by atomic mass is 10.1. The first-order chi connectivity index (χ1) is 12.1. The molecule has 0 spiro atoms. The Kier molecular flexibility index (Phi) is 7.01. The predicted molar refractivity (Wildman–Crippen MR) is 96.7 cm³/mol. The Balaban J connectivity index is 1.93. The van der Waals surface area contributed by atoms with Crippen LogP contribution in [0.25, 0.3) is 0 Å². The number of rotatable bonds is 9. The van der Waals surface area contributed by atoms with Crippen molar-refractivity contribution in [2.24, 2.45) is 0 Å². The molecule has 25 heavy (non-hydrogen) atoms. The summed E-state index contributed by atoms with van der Waals surface area (Å²) in [5.74, 6) is -0.374. The van der Waals surface area contributed by atoms with Crippen LogP contribution in [0.5, 0.6) is 5.75 Å². The zero-order chi connectivity index (χ0) is 18.1. The molecule has 1 unspecified atom stereocenters. The molecule has 132 valence electrons. The van der Waals surface area contributed by atoms with Crippen LogP contribution in [0.4, 0.5) is 5.69 Å². The predicted octanol–water partition coefficient (Wildman–Crippen LogP) is 4.41. The number of carbonyl (C=O) groups is 2. The monoisotopic (exact) mass is 341 g/mol. The number of amides is 1. The summed E-state index contributed by atoms with van der Waals surface area (Å²) in [6, 6.07) is 17.2. The molecule has 1 amide bonds. The second-order valence-corrected chi connectivity index (χ2v) is 5.82. The standard InChI is InChI=1S/C20H23NO4/c1-15(16-9-3-2-4-10-16)25-18-12-6-5-11-17(18)21-19(22)13-7-8-14-20(23)24/h2-6,9-12,15H,7-8,13-14H2,1H3,(H,21,22)(H,23,24). The van der Waals surface area contributed by atoms with E-state index in [0.717, 1.165) is 5.56 Å². The van der Waals surface area contributed by atoms with Crippen LogP contribution < -0.4 is 10.1 Å². The number of anilines is 1. The highest BCUT2D eigenvalue weighted by Gasteiger charge is 2.12. The molecule has 0 aliphatic rings. The molecule has 5 heteroatoms. The zero-order valence-corrected chi connectivity index (χ0v) is 14.3. The molecule has 0 radical (unpaired) electrons. The van der Waals surface area contributed by atoms with Crippen molar-refractivity contribution < 1.29 is 19.4 Å². The average Bonchev–Trinajstić information content (AvgIpc) is 2.61. The molecule has 0 saturated heterocycles. The Bertz CT molecular complexity index is 700. The normalized spacial score (nSPS) is 11.6. The fourth-order valence-electron chi connectivity index (χ4n) is 2.43. The van der Waals surface area contributed by atoms with Gasteiger partial charge in [-0.2, -0.15) is 0 Å². The van der Waals surface area contributed by atoms with Gasteiger partial charge in [0, 0.05) is 12.8 Å². The number of unbranched alkanes of at least 4 members (excludes halogenated alkanes) is 1. The summed E-state index contributed by atoms with van der Waals surface area (Å²) in [5.41, 5.74) is 1.67. The summed E-state index contributed by atoms with van der Waals surface area (Å²) in [4.78, 5) is 22.5. The van der Waals surface area contributed by atoms with Crippen molar-refractivity contribution >= 4 is 17.6 Å². The Morgan fingerprint density at radius 1 is 1.00 bits per heavy atom. The van der Waals surface area contributed by atoms with Crippen molar-refractivity contribution in [1.82, 2.24) is 0 Å². The van der Waals surface area contributed by atoms with Crippen LogP contribution in [0.2, 0.25) is 0 Å². The molecule has 0 aromatic heterocycles. The van der Waals surface area contributed by atoms with Crippen molar-refractivity contribution in [3.8, 4) is 5.75 Å². The van der Waals surface area contributed by atoms with Crippen molar-refractivity contribution in [1.29, 1.82) is 0 Å². The largest absolute Gasteiger partial charge is 0.484 e. The van der Waals surface area contributed by atoms with Crippen LogP contribution in [-0.2, 0) is 9.59 Å². The minimum absolute atomic E-state index is 0.0849. The summed E-state index contributed by atoms with van der Waals surface area (Å²) in [5, 5.41) is 11.5. The van der Waals surface area contributed by atoms with Gasteiger partial charge < -0.3 is 15.2 Å². The summed E-state index contributed by atoms with van der Waals surface area (Å²) in [7, 11) is 0. The van der Waals surface area contributed by atoms with Gasteiger partial charge in [-0.3, -0.25) is 9.59 Å². The average molecular weight is 341 g/mol. The summed E-state index contributed by atoms with van der Waals surface area (Å²) < 4.78 is 6.00. The van der Waals surface area contributed by atoms with E-state index in [1.165, 1.54) is 0 Å². The topological polar surface area (TPSA) is 75.6 Å². The van der Waals surface area contributed by atoms with E-state index in [0.29, 0.717) is 24.3 Å². The molecule has 2 aromatic carbocycles. The highest BCUT2D eigenvalue weighted by Crippen LogP contribution is 2.29. The number of carboxylic acid groups (broad SMARTS) is 1. The first-order valence-electron chi connectivity index (χ1n) is 8.38. The minimum atomic E-state index is -0.839. The lowest BCUT2D eigenvalue weighted by Crippen LogP contribution is -2.13. The van der Waals surface area contributed by atoms with Gasteiger partial charge >= 0.3 is 5.97 Å². The first kappa shape index (κ1) is 18.5. The van der Waals surface area contributed by atoms with Crippen molar-refractivity contribution in [2.45, 2.75) is 38.7 Å². The number of carboxylic acids is 1. The van der Waals surface area contributed by atoms with E-state index in [4.69, 9.17) is 9.84 Å². The highest BCUT2D eigenvalue weighted by atomic mass is 16.5. The highest BCUT2D eigenvalue weighted by molar-refractivity contribution is 5.92. The number of hydrogen-bond acceptors (Lipinski definition) is 3. The first-order valence-corrected chi connectivity index (χ1v) is 8.38. The molecule has 2 rings (SSSR count). The molecule has 1 atom stereocenters. The second kappa shape index (κ2) is 9.47. The lowest BCUT2D eigenvalue weighted by molar-refractivity contribution is -0.137. The molecular formula is C20H23NO4. The number of carbonyl (C=O) groups excluding carboxylic acids is 1.